The minimum absolute atomic E-state index is 0.0121. The summed E-state index contributed by atoms with van der Waals surface area (Å²) in [6.07, 6.45) is 6.07. The number of hydrogen-bond acceptors (Lipinski definition) is 7. The monoisotopic (exact) mass is 569 g/mol. The van der Waals surface area contributed by atoms with Crippen molar-refractivity contribution in [2.24, 2.45) is 0 Å². The number of fused-ring (bicyclic) bond motifs is 1. The van der Waals surface area contributed by atoms with Crippen LogP contribution in [0.25, 0.3) is 10.9 Å². The first kappa shape index (κ1) is 25.0. The van der Waals surface area contributed by atoms with Gasteiger partial charge < -0.3 is 0 Å². The molecule has 1 fully saturated rings. The molecule has 0 radical (unpaired) electrons. The number of ether oxygens (including phenoxy) is 2. The Bertz CT molecular complexity index is 1300. The fourth-order valence-electron chi connectivity index (χ4n) is 4.10. The van der Waals surface area contributed by atoms with E-state index in [0.717, 1.165) is 25.7 Å². The topological polar surface area (TPSA) is 90.4 Å². The van der Waals surface area contributed by atoms with Crippen LogP contribution in [0.3, 0.4) is 0 Å². The Morgan fingerprint density at radius 3 is 2.50 bits per heavy atom. The predicted molar refractivity (Wildman–Crippen MR) is 134 cm³/mol. The Kier molecular flexibility index (Phi) is 7.55. The van der Waals surface area contributed by atoms with Gasteiger partial charge in [0.25, 0.3) is 0 Å². The van der Waals surface area contributed by atoms with Gasteiger partial charge in [0.2, 0.25) is 0 Å². The van der Waals surface area contributed by atoms with Crippen LogP contribution in [0.1, 0.15) is 25.7 Å². The maximum atomic E-state index is 13.5. The summed E-state index contributed by atoms with van der Waals surface area (Å²) in [6, 6.07) is 7.98. The summed E-state index contributed by atoms with van der Waals surface area (Å²) in [6.45, 7) is 0. The third-order valence-electron chi connectivity index (χ3n) is 6.08. The Balaban J connectivity index is 1.57. The molecule has 0 aliphatic heterocycles. The summed E-state index contributed by atoms with van der Waals surface area (Å²) >= 11 is 3.99. The molecule has 0 amide bonds. The van der Waals surface area contributed by atoms with E-state index in [1.54, 1.807) is 19.2 Å². The van der Waals surface area contributed by atoms with Crippen molar-refractivity contribution in [2.75, 3.05) is 18.7 Å². The normalized spacial score (nSPS) is 19.6. The molecule has 2 aromatic carbocycles. The van der Waals surface area contributed by atoms with Crippen LogP contribution in [0.4, 0.5) is 15.9 Å². The second-order valence-electron chi connectivity index (χ2n) is 8.32. The zero-order valence-corrected chi connectivity index (χ0v) is 22.5. The van der Waals surface area contributed by atoms with E-state index in [2.05, 4.69) is 15.3 Å². The fraction of sp³-hybridized carbons (Fsp3) is 0.391. The van der Waals surface area contributed by atoms with Gasteiger partial charge in [0.05, 0.1) is 5.02 Å². The zero-order valence-electron chi connectivity index (χ0n) is 19.1. The summed E-state index contributed by atoms with van der Waals surface area (Å²) in [5.74, 6) is 1.16. The van der Waals surface area contributed by atoms with E-state index in [-0.39, 0.29) is 15.8 Å². The van der Waals surface area contributed by atoms with Gasteiger partial charge in [0.1, 0.15) is 5.82 Å². The van der Waals surface area contributed by atoms with Gasteiger partial charge >= 0.3 is 175 Å². The van der Waals surface area contributed by atoms with Gasteiger partial charge in [0.15, 0.2) is 0 Å². The number of benzene rings is 2. The number of halogens is 2. The second kappa shape index (κ2) is 10.3. The molecular weight excluding hydrogens is 544 g/mol. The van der Waals surface area contributed by atoms with E-state index in [4.69, 9.17) is 21.1 Å². The maximum absolute atomic E-state index is 13.5. The van der Waals surface area contributed by atoms with E-state index in [1.807, 2.05) is 11.8 Å². The molecule has 0 spiro atoms. The number of anilines is 2. The van der Waals surface area contributed by atoms with Gasteiger partial charge in [-0.15, -0.1) is 0 Å². The van der Waals surface area contributed by atoms with Crippen LogP contribution in [0.15, 0.2) is 36.7 Å². The number of rotatable bonds is 7. The molecule has 1 aromatic heterocycles. The summed E-state index contributed by atoms with van der Waals surface area (Å²) in [7, 11) is -1.34. The van der Waals surface area contributed by atoms with Crippen LogP contribution >= 0.6 is 11.6 Å². The van der Waals surface area contributed by atoms with Crippen LogP contribution < -0.4 is 14.8 Å². The molecule has 1 saturated carbocycles. The van der Waals surface area contributed by atoms with Gasteiger partial charge in [0, 0.05) is 0 Å². The van der Waals surface area contributed by atoms with Crippen LogP contribution in [0, 0.1) is 5.82 Å². The molecular formula is C23H26AsClFN3O4S. The standard InChI is InChI=1S/C23H26AsClFN3O4S/c1-24(34(3,30)31)14-4-7-16(8-5-14)33-22-11-17-20(12-21(22)32-2)27-13-28-23(17)29-15-6-9-19(26)18(25)10-15/h6,9-14,16H,4-5,7-8H2,1-3H3,(H,27,28,29). The van der Waals surface area contributed by atoms with Crippen molar-refractivity contribution in [1.82, 2.24) is 9.97 Å². The molecule has 1 atom stereocenters. The van der Waals surface area contributed by atoms with Gasteiger partial charge in [-0.05, 0) is 6.07 Å². The molecule has 7 nitrogen and oxygen atoms in total. The Labute approximate surface area is 207 Å². The van der Waals surface area contributed by atoms with Crippen LogP contribution in [0.2, 0.25) is 15.4 Å². The molecule has 0 bridgehead atoms. The van der Waals surface area contributed by atoms with Crippen LogP contribution in [0.5, 0.6) is 11.5 Å². The fourth-order valence-corrected chi connectivity index (χ4v) is 11.5. The van der Waals surface area contributed by atoms with Crippen molar-refractivity contribution in [3.8, 4) is 11.5 Å². The summed E-state index contributed by atoms with van der Waals surface area (Å²) in [5, 5.41) is 3.89. The average molecular weight is 570 g/mol. The molecule has 1 aliphatic rings. The first-order valence-corrected chi connectivity index (χ1v) is 18.3. The molecule has 182 valence electrons. The third kappa shape index (κ3) is 5.58. The molecule has 4 rings (SSSR count). The number of methoxy groups -OCH3 is 1. The van der Waals surface area contributed by atoms with Crippen LogP contribution in [-0.2, 0) is 8.10 Å². The summed E-state index contributed by atoms with van der Waals surface area (Å²) in [5.41, 5.74) is 3.18. The van der Waals surface area contributed by atoms with Crippen molar-refractivity contribution < 1.29 is 22.3 Å². The number of nitrogens with zero attached hydrogens (tertiary/aromatic N) is 2. The average Bonchev–Trinajstić information content (AvgIpc) is 2.81. The molecule has 11 heteroatoms. The first-order chi connectivity index (χ1) is 16.2. The minimum atomic E-state index is -2.91. The van der Waals surface area contributed by atoms with Crippen LogP contribution in [-0.4, -0.2) is 51.4 Å². The van der Waals surface area contributed by atoms with Crippen molar-refractivity contribution >= 4 is 55.6 Å². The van der Waals surface area contributed by atoms with E-state index < -0.39 is 27.4 Å². The van der Waals surface area contributed by atoms with Crippen molar-refractivity contribution in [1.29, 1.82) is 0 Å². The van der Waals surface area contributed by atoms with Crippen molar-refractivity contribution in [3.63, 3.8) is 0 Å². The molecule has 1 unspecified atom stereocenters. The first-order valence-electron chi connectivity index (χ1n) is 10.8. The van der Waals surface area contributed by atoms with E-state index in [1.165, 1.54) is 24.7 Å². The second-order valence-corrected chi connectivity index (χ2v) is 21.2. The summed E-state index contributed by atoms with van der Waals surface area (Å²) < 4.78 is 49.7. The Hall–Kier alpha value is -2.09. The van der Waals surface area contributed by atoms with E-state index in [0.29, 0.717) is 33.9 Å². The van der Waals surface area contributed by atoms with Gasteiger partial charge in [-0.2, -0.15) is 0 Å². The molecule has 1 aliphatic carbocycles. The zero-order chi connectivity index (χ0) is 24.5. The van der Waals surface area contributed by atoms with Gasteiger partial charge in [-0.1, -0.05) is 11.6 Å². The van der Waals surface area contributed by atoms with Gasteiger partial charge in [-0.3, -0.25) is 0 Å². The third-order valence-corrected chi connectivity index (χ3v) is 18.8. The summed E-state index contributed by atoms with van der Waals surface area (Å²) in [4.78, 5) is 8.68. The van der Waals surface area contributed by atoms with Crippen molar-refractivity contribution in [3.05, 3.63) is 47.5 Å². The Morgan fingerprint density at radius 2 is 1.85 bits per heavy atom. The van der Waals surface area contributed by atoms with E-state index >= 15 is 0 Å². The number of aromatic nitrogens is 2. The SMILES string of the molecule is COc1cc2ncnc(Nc3ccc(F)c(Cl)c3)c2cc1OC1CCC([As](C)S(C)(=O)=O)CC1. The Morgan fingerprint density at radius 1 is 1.12 bits per heavy atom. The quantitative estimate of drug-likeness (QED) is 0.374. The predicted octanol–water partition coefficient (Wildman–Crippen LogP) is 5.53. The molecule has 1 heterocycles. The molecule has 34 heavy (non-hydrogen) atoms. The molecule has 0 saturated heterocycles. The van der Waals surface area contributed by atoms with E-state index in [9.17, 15) is 12.8 Å². The number of hydrogen-bond donors (Lipinski definition) is 1. The molecule has 1 N–H and O–H groups in total. The van der Waals surface area contributed by atoms with Gasteiger partial charge in [-0.25, -0.2) is 4.39 Å². The van der Waals surface area contributed by atoms with Crippen molar-refractivity contribution in [2.45, 2.75) is 42.2 Å². The molecule has 3 aromatic rings. The number of nitrogens with one attached hydrogen (secondary N) is 1.